The van der Waals surface area contributed by atoms with Crippen molar-refractivity contribution in [3.8, 4) is 0 Å². The molecular formula is C12H15F3N4O2. The van der Waals surface area contributed by atoms with Gasteiger partial charge in [0.25, 0.3) is 0 Å². The van der Waals surface area contributed by atoms with Crippen LogP contribution in [0.1, 0.15) is 18.4 Å². The molecule has 9 heteroatoms. The SMILES string of the molecule is NC(CCCNC(=O)Nc1ccc(C(F)(F)F)cc1)=NO. The molecule has 1 aromatic carbocycles. The first-order valence-electron chi connectivity index (χ1n) is 6.01. The number of halogens is 3. The van der Waals surface area contributed by atoms with Crippen molar-refractivity contribution in [2.45, 2.75) is 19.0 Å². The van der Waals surface area contributed by atoms with Gasteiger partial charge in [0.05, 0.1) is 5.56 Å². The van der Waals surface area contributed by atoms with Crippen molar-refractivity contribution in [3.05, 3.63) is 29.8 Å². The molecule has 0 aliphatic carbocycles. The molecule has 0 fully saturated rings. The molecule has 0 atom stereocenters. The van der Waals surface area contributed by atoms with Crippen molar-refractivity contribution in [1.29, 1.82) is 0 Å². The van der Waals surface area contributed by atoms with E-state index >= 15 is 0 Å². The molecule has 0 aliphatic heterocycles. The molecule has 1 rings (SSSR count). The van der Waals surface area contributed by atoms with Gasteiger partial charge in [-0.3, -0.25) is 0 Å². The number of amides is 2. The number of carbonyl (C=O) groups is 1. The standard InChI is InChI=1S/C12H15F3N4O2/c13-12(14,15)8-3-5-9(6-4-8)18-11(20)17-7-1-2-10(16)19-21/h3-6,21H,1-2,7H2,(H2,16,19)(H2,17,18,20). The van der Waals surface area contributed by atoms with Crippen molar-refractivity contribution >= 4 is 17.6 Å². The summed E-state index contributed by atoms with van der Waals surface area (Å²) in [6.07, 6.45) is -3.62. The lowest BCUT2D eigenvalue weighted by Gasteiger charge is -2.09. The van der Waals surface area contributed by atoms with Crippen LogP contribution in [0.3, 0.4) is 0 Å². The number of hydrogen-bond acceptors (Lipinski definition) is 3. The summed E-state index contributed by atoms with van der Waals surface area (Å²) in [5.41, 5.74) is 4.70. The second-order valence-corrected chi connectivity index (χ2v) is 4.15. The fourth-order valence-corrected chi connectivity index (χ4v) is 1.44. The van der Waals surface area contributed by atoms with E-state index in [1.807, 2.05) is 0 Å². The predicted octanol–water partition coefficient (Wildman–Crippen LogP) is 2.35. The highest BCUT2D eigenvalue weighted by Crippen LogP contribution is 2.29. The van der Waals surface area contributed by atoms with Crippen LogP contribution in [0.4, 0.5) is 23.7 Å². The summed E-state index contributed by atoms with van der Waals surface area (Å²) in [6, 6.07) is 3.55. The van der Waals surface area contributed by atoms with Crippen LogP contribution in [0.2, 0.25) is 0 Å². The Balaban J connectivity index is 2.38. The minimum absolute atomic E-state index is 0.0555. The van der Waals surface area contributed by atoms with Crippen LogP contribution in [0.25, 0.3) is 0 Å². The van der Waals surface area contributed by atoms with Gasteiger partial charge in [0.2, 0.25) is 0 Å². The highest BCUT2D eigenvalue weighted by atomic mass is 19.4. The molecule has 0 bridgehead atoms. The summed E-state index contributed by atoms with van der Waals surface area (Å²) in [7, 11) is 0. The molecule has 0 saturated heterocycles. The second kappa shape index (κ2) is 7.36. The first kappa shape index (κ1) is 16.6. The average Bonchev–Trinajstić information content (AvgIpc) is 2.43. The Bertz CT molecular complexity index is 500. The van der Waals surface area contributed by atoms with E-state index in [0.717, 1.165) is 12.1 Å². The number of anilines is 1. The number of amidine groups is 1. The normalized spacial score (nSPS) is 12.0. The number of urea groups is 1. The summed E-state index contributed by atoms with van der Waals surface area (Å²) in [5, 5.41) is 16.0. The molecule has 21 heavy (non-hydrogen) atoms. The van der Waals surface area contributed by atoms with Crippen LogP contribution < -0.4 is 16.4 Å². The zero-order valence-corrected chi connectivity index (χ0v) is 10.9. The van der Waals surface area contributed by atoms with Gasteiger partial charge < -0.3 is 21.6 Å². The molecule has 0 saturated carbocycles. The molecule has 2 amide bonds. The van der Waals surface area contributed by atoms with Crippen molar-refractivity contribution < 1.29 is 23.2 Å². The Morgan fingerprint density at radius 1 is 1.29 bits per heavy atom. The van der Waals surface area contributed by atoms with Crippen molar-refractivity contribution in [3.63, 3.8) is 0 Å². The Hall–Kier alpha value is -2.45. The highest BCUT2D eigenvalue weighted by molar-refractivity contribution is 5.89. The summed E-state index contributed by atoms with van der Waals surface area (Å²) >= 11 is 0. The van der Waals surface area contributed by atoms with E-state index in [9.17, 15) is 18.0 Å². The van der Waals surface area contributed by atoms with Gasteiger partial charge >= 0.3 is 12.2 Å². The fourth-order valence-electron chi connectivity index (χ4n) is 1.44. The monoisotopic (exact) mass is 304 g/mol. The quantitative estimate of drug-likeness (QED) is 0.221. The molecule has 0 spiro atoms. The largest absolute Gasteiger partial charge is 0.416 e. The minimum atomic E-state index is -4.41. The Morgan fingerprint density at radius 3 is 2.43 bits per heavy atom. The van der Waals surface area contributed by atoms with Crippen LogP contribution in [0.15, 0.2) is 29.4 Å². The van der Waals surface area contributed by atoms with Crippen LogP contribution in [0, 0.1) is 0 Å². The Morgan fingerprint density at radius 2 is 1.90 bits per heavy atom. The zero-order valence-electron chi connectivity index (χ0n) is 10.9. The first-order chi connectivity index (χ1) is 9.82. The molecule has 0 aromatic heterocycles. The number of nitrogens with two attached hydrogens (primary N) is 1. The third kappa shape index (κ3) is 6.02. The van der Waals surface area contributed by atoms with Gasteiger partial charge in [0.1, 0.15) is 5.84 Å². The van der Waals surface area contributed by atoms with Crippen LogP contribution in [0.5, 0.6) is 0 Å². The lowest BCUT2D eigenvalue weighted by molar-refractivity contribution is -0.137. The van der Waals surface area contributed by atoms with Crippen molar-refractivity contribution in [2.24, 2.45) is 10.9 Å². The molecule has 1 aromatic rings. The van der Waals surface area contributed by atoms with Gasteiger partial charge in [-0.05, 0) is 30.7 Å². The van der Waals surface area contributed by atoms with Gasteiger partial charge in [-0.1, -0.05) is 5.16 Å². The lowest BCUT2D eigenvalue weighted by atomic mass is 10.2. The molecular weight excluding hydrogens is 289 g/mol. The van der Waals surface area contributed by atoms with Crippen LogP contribution >= 0.6 is 0 Å². The van der Waals surface area contributed by atoms with Gasteiger partial charge in [-0.2, -0.15) is 13.2 Å². The number of hydrogen-bond donors (Lipinski definition) is 4. The smallest absolute Gasteiger partial charge is 0.409 e. The van der Waals surface area contributed by atoms with E-state index in [4.69, 9.17) is 10.9 Å². The number of oxime groups is 1. The maximum Gasteiger partial charge on any atom is 0.416 e. The molecule has 0 unspecified atom stereocenters. The van der Waals surface area contributed by atoms with Gasteiger partial charge in [-0.15, -0.1) is 0 Å². The van der Waals surface area contributed by atoms with E-state index < -0.39 is 17.8 Å². The third-order valence-corrected chi connectivity index (χ3v) is 2.49. The Labute approximate surface area is 118 Å². The summed E-state index contributed by atoms with van der Waals surface area (Å²) in [6.45, 7) is 0.280. The maximum absolute atomic E-state index is 12.3. The molecule has 6 nitrogen and oxygen atoms in total. The van der Waals surface area contributed by atoms with Gasteiger partial charge in [-0.25, -0.2) is 4.79 Å². The van der Waals surface area contributed by atoms with Gasteiger partial charge in [0, 0.05) is 18.7 Å². The van der Waals surface area contributed by atoms with Crippen molar-refractivity contribution in [1.82, 2.24) is 5.32 Å². The molecule has 5 N–H and O–H groups in total. The zero-order chi connectivity index (χ0) is 15.9. The average molecular weight is 304 g/mol. The third-order valence-electron chi connectivity index (χ3n) is 2.49. The Kier molecular flexibility index (Phi) is 5.82. The number of alkyl halides is 3. The van der Waals surface area contributed by atoms with E-state index in [-0.39, 0.29) is 18.1 Å². The molecule has 0 aliphatic rings. The van der Waals surface area contributed by atoms with Crippen LogP contribution in [-0.2, 0) is 6.18 Å². The number of benzene rings is 1. The van der Waals surface area contributed by atoms with E-state index in [0.29, 0.717) is 12.8 Å². The number of nitrogens with zero attached hydrogens (tertiary/aromatic N) is 1. The highest BCUT2D eigenvalue weighted by Gasteiger charge is 2.29. The molecule has 0 heterocycles. The topological polar surface area (TPSA) is 99.7 Å². The summed E-state index contributed by atoms with van der Waals surface area (Å²) in [5.74, 6) is 0.0555. The number of nitrogens with one attached hydrogen (secondary N) is 2. The fraction of sp³-hybridized carbons (Fsp3) is 0.333. The molecule has 116 valence electrons. The summed E-state index contributed by atoms with van der Waals surface area (Å²) in [4.78, 5) is 11.5. The first-order valence-corrected chi connectivity index (χ1v) is 6.01. The van der Waals surface area contributed by atoms with Crippen molar-refractivity contribution in [2.75, 3.05) is 11.9 Å². The van der Waals surface area contributed by atoms with Crippen LogP contribution in [-0.4, -0.2) is 23.6 Å². The predicted molar refractivity (Wildman–Crippen MR) is 71.1 cm³/mol. The van der Waals surface area contributed by atoms with E-state index in [2.05, 4.69) is 15.8 Å². The maximum atomic E-state index is 12.3. The lowest BCUT2D eigenvalue weighted by Crippen LogP contribution is -2.30. The minimum Gasteiger partial charge on any atom is -0.409 e. The number of rotatable bonds is 5. The molecule has 0 radical (unpaired) electrons. The van der Waals surface area contributed by atoms with Gasteiger partial charge in [0.15, 0.2) is 0 Å². The number of carbonyl (C=O) groups excluding carboxylic acids is 1. The van der Waals surface area contributed by atoms with E-state index in [1.165, 1.54) is 12.1 Å². The second-order valence-electron chi connectivity index (χ2n) is 4.15. The summed E-state index contributed by atoms with van der Waals surface area (Å²) < 4.78 is 37.0. The van der Waals surface area contributed by atoms with E-state index in [1.54, 1.807) is 0 Å².